The van der Waals surface area contributed by atoms with Crippen LogP contribution in [0.4, 0.5) is 10.1 Å². The largest absolute Gasteiger partial charge is 0.478 e. The van der Waals surface area contributed by atoms with Crippen LogP contribution >= 0.6 is 0 Å². The molecule has 0 radical (unpaired) electrons. The van der Waals surface area contributed by atoms with Crippen molar-refractivity contribution in [2.75, 3.05) is 18.5 Å². The number of nitrogens with zero attached hydrogens (tertiary/aromatic N) is 2. The Morgan fingerprint density at radius 3 is 2.37 bits per heavy atom. The number of carbonyl (C=O) groups is 3. The highest BCUT2D eigenvalue weighted by atomic mass is 19.1. The molecule has 0 saturated carbocycles. The zero-order valence-electron chi connectivity index (χ0n) is 14.8. The second-order valence-electron chi connectivity index (χ2n) is 6.50. The smallest absolute Gasteiger partial charge is 0.335 e. The van der Waals surface area contributed by atoms with E-state index in [1.165, 1.54) is 46.2 Å². The minimum Gasteiger partial charge on any atom is -0.478 e. The monoisotopic (exact) mass is 370 g/mol. The zero-order chi connectivity index (χ0) is 19.6. The van der Waals surface area contributed by atoms with Crippen LogP contribution < -0.4 is 4.90 Å². The van der Waals surface area contributed by atoms with Crippen LogP contribution in [0.3, 0.4) is 0 Å². The molecule has 1 atom stereocenters. The van der Waals surface area contributed by atoms with Gasteiger partial charge in [-0.1, -0.05) is 12.1 Å². The number of benzene rings is 2. The molecule has 1 unspecified atom stereocenters. The maximum Gasteiger partial charge on any atom is 0.335 e. The molecular formula is C20H19FN2O4. The Labute approximate surface area is 155 Å². The highest BCUT2D eigenvalue weighted by molar-refractivity contribution is 6.09. The van der Waals surface area contributed by atoms with Gasteiger partial charge in [-0.15, -0.1) is 0 Å². The number of hydrogen-bond donors (Lipinski definition) is 1. The number of hydrogen-bond acceptors (Lipinski definition) is 3. The lowest BCUT2D eigenvalue weighted by molar-refractivity contribution is -0.139. The van der Waals surface area contributed by atoms with Crippen LogP contribution in [0.2, 0.25) is 0 Å². The van der Waals surface area contributed by atoms with Gasteiger partial charge in [0.25, 0.3) is 0 Å². The Bertz CT molecular complexity index is 865. The summed E-state index contributed by atoms with van der Waals surface area (Å²) in [5.74, 6) is -2.74. The molecule has 1 saturated heterocycles. The van der Waals surface area contributed by atoms with Crippen LogP contribution in [0.25, 0.3) is 0 Å². The van der Waals surface area contributed by atoms with E-state index in [0.717, 1.165) is 5.56 Å². The van der Waals surface area contributed by atoms with E-state index in [-0.39, 0.29) is 29.7 Å². The number of aromatic carboxylic acids is 1. The summed E-state index contributed by atoms with van der Waals surface area (Å²) in [5.41, 5.74) is 1.52. The molecule has 140 valence electrons. The molecule has 0 spiro atoms. The number of carboxylic acids is 1. The first-order valence-corrected chi connectivity index (χ1v) is 8.51. The maximum atomic E-state index is 13.1. The van der Waals surface area contributed by atoms with Crippen molar-refractivity contribution in [3.63, 3.8) is 0 Å². The molecule has 1 heterocycles. The molecule has 2 aromatic rings. The number of anilines is 1. The van der Waals surface area contributed by atoms with Gasteiger partial charge in [-0.05, 0) is 48.4 Å². The number of carboxylic acid groups (broad SMARTS) is 1. The van der Waals surface area contributed by atoms with Crippen LogP contribution in [-0.2, 0) is 16.1 Å². The Morgan fingerprint density at radius 1 is 1.15 bits per heavy atom. The normalized spacial score (nSPS) is 16.4. The Balaban J connectivity index is 1.65. The van der Waals surface area contributed by atoms with Gasteiger partial charge in [-0.2, -0.15) is 0 Å². The predicted molar refractivity (Wildman–Crippen MR) is 96.7 cm³/mol. The van der Waals surface area contributed by atoms with Crippen LogP contribution in [0.5, 0.6) is 0 Å². The molecule has 0 aromatic heterocycles. The van der Waals surface area contributed by atoms with Crippen LogP contribution in [-0.4, -0.2) is 41.4 Å². The summed E-state index contributed by atoms with van der Waals surface area (Å²) in [6.07, 6.45) is 0.400. The molecule has 1 aliphatic rings. The van der Waals surface area contributed by atoms with E-state index in [4.69, 9.17) is 5.11 Å². The lowest BCUT2D eigenvalue weighted by atomic mass is 10.1. The Kier molecular flexibility index (Phi) is 5.21. The van der Waals surface area contributed by atoms with Crippen molar-refractivity contribution >= 4 is 23.5 Å². The molecule has 2 aromatic carbocycles. The standard InChI is InChI=1S/C20H19FN2O4/c1-22(12-13-2-4-14(5-3-13)20(26)27)18(24)17-10-11-23(19(17)25)16-8-6-15(21)7-9-16/h2-9,17H,10-12H2,1H3,(H,26,27). The summed E-state index contributed by atoms with van der Waals surface area (Å²) in [5, 5.41) is 8.93. The average molecular weight is 370 g/mol. The summed E-state index contributed by atoms with van der Waals surface area (Å²) >= 11 is 0. The van der Waals surface area contributed by atoms with Gasteiger partial charge < -0.3 is 14.9 Å². The Morgan fingerprint density at radius 2 is 1.78 bits per heavy atom. The van der Waals surface area contributed by atoms with Crippen molar-refractivity contribution in [3.05, 3.63) is 65.5 Å². The summed E-state index contributed by atoms with van der Waals surface area (Å²) in [4.78, 5) is 39.2. The van der Waals surface area contributed by atoms with Crippen molar-refractivity contribution in [1.29, 1.82) is 0 Å². The first-order chi connectivity index (χ1) is 12.9. The minimum atomic E-state index is -1.01. The third kappa shape index (κ3) is 3.97. The van der Waals surface area contributed by atoms with Gasteiger partial charge in [0.05, 0.1) is 5.56 Å². The van der Waals surface area contributed by atoms with E-state index in [0.29, 0.717) is 18.7 Å². The van der Waals surface area contributed by atoms with Gasteiger partial charge in [-0.3, -0.25) is 9.59 Å². The van der Waals surface area contributed by atoms with Gasteiger partial charge in [-0.25, -0.2) is 9.18 Å². The molecule has 2 amide bonds. The molecular weight excluding hydrogens is 351 g/mol. The molecule has 7 heteroatoms. The van der Waals surface area contributed by atoms with E-state index < -0.39 is 11.9 Å². The van der Waals surface area contributed by atoms with Crippen LogP contribution in [0.15, 0.2) is 48.5 Å². The highest BCUT2D eigenvalue weighted by Crippen LogP contribution is 2.27. The first-order valence-electron chi connectivity index (χ1n) is 8.51. The first kappa shape index (κ1) is 18.6. The van der Waals surface area contributed by atoms with Crippen molar-refractivity contribution in [2.24, 2.45) is 5.92 Å². The van der Waals surface area contributed by atoms with Gasteiger partial charge in [0, 0.05) is 25.8 Å². The van der Waals surface area contributed by atoms with E-state index in [2.05, 4.69) is 0 Å². The van der Waals surface area contributed by atoms with Gasteiger partial charge >= 0.3 is 5.97 Å². The third-order valence-electron chi connectivity index (χ3n) is 4.64. The number of amides is 2. The van der Waals surface area contributed by atoms with E-state index in [1.54, 1.807) is 19.2 Å². The molecule has 0 bridgehead atoms. The summed E-state index contributed by atoms with van der Waals surface area (Å²) in [7, 11) is 1.61. The fourth-order valence-electron chi connectivity index (χ4n) is 3.16. The van der Waals surface area contributed by atoms with E-state index in [9.17, 15) is 18.8 Å². The van der Waals surface area contributed by atoms with Crippen molar-refractivity contribution in [2.45, 2.75) is 13.0 Å². The SMILES string of the molecule is CN(Cc1ccc(C(=O)O)cc1)C(=O)C1CCN(c2ccc(F)cc2)C1=O. The second-order valence-corrected chi connectivity index (χ2v) is 6.50. The Hall–Kier alpha value is -3.22. The minimum absolute atomic E-state index is 0.175. The summed E-state index contributed by atoms with van der Waals surface area (Å²) < 4.78 is 13.1. The molecule has 27 heavy (non-hydrogen) atoms. The lowest BCUT2D eigenvalue weighted by Crippen LogP contribution is -2.37. The maximum absolute atomic E-state index is 13.1. The number of halogens is 1. The highest BCUT2D eigenvalue weighted by Gasteiger charge is 2.38. The van der Waals surface area contributed by atoms with E-state index >= 15 is 0 Å². The molecule has 1 N–H and O–H groups in total. The quantitative estimate of drug-likeness (QED) is 0.821. The summed E-state index contributed by atoms with van der Waals surface area (Å²) in [6, 6.07) is 11.9. The van der Waals surface area contributed by atoms with E-state index in [1.807, 2.05) is 0 Å². The second kappa shape index (κ2) is 7.57. The van der Waals surface area contributed by atoms with Gasteiger partial charge in [0.15, 0.2) is 0 Å². The van der Waals surface area contributed by atoms with Crippen molar-refractivity contribution in [1.82, 2.24) is 4.90 Å². The molecule has 3 rings (SSSR count). The fourth-order valence-corrected chi connectivity index (χ4v) is 3.16. The van der Waals surface area contributed by atoms with Crippen molar-refractivity contribution in [3.8, 4) is 0 Å². The van der Waals surface area contributed by atoms with Crippen LogP contribution in [0, 0.1) is 11.7 Å². The zero-order valence-corrected chi connectivity index (χ0v) is 14.8. The fraction of sp³-hybridized carbons (Fsp3) is 0.250. The van der Waals surface area contributed by atoms with Crippen LogP contribution in [0.1, 0.15) is 22.3 Å². The molecule has 1 fully saturated rings. The van der Waals surface area contributed by atoms with Gasteiger partial charge in [0.1, 0.15) is 11.7 Å². The number of carbonyl (C=O) groups excluding carboxylic acids is 2. The molecule has 0 aliphatic carbocycles. The average Bonchev–Trinajstić information content (AvgIpc) is 3.03. The molecule has 1 aliphatic heterocycles. The third-order valence-corrected chi connectivity index (χ3v) is 4.64. The van der Waals surface area contributed by atoms with Gasteiger partial charge in [0.2, 0.25) is 11.8 Å². The molecule has 6 nitrogen and oxygen atoms in total. The predicted octanol–water partition coefficient (Wildman–Crippen LogP) is 2.54. The lowest BCUT2D eigenvalue weighted by Gasteiger charge is -2.21. The number of rotatable bonds is 5. The summed E-state index contributed by atoms with van der Waals surface area (Å²) in [6.45, 7) is 0.682. The van der Waals surface area contributed by atoms with Crippen molar-refractivity contribution < 1.29 is 23.9 Å². The topological polar surface area (TPSA) is 77.9 Å².